The van der Waals surface area contributed by atoms with Gasteiger partial charge in [0.05, 0.1) is 0 Å². The lowest BCUT2D eigenvalue weighted by Crippen LogP contribution is -2.25. The minimum atomic E-state index is -3.63. The molecule has 0 saturated heterocycles. The number of hydrogen-bond acceptors (Lipinski definition) is 5. The van der Waals surface area contributed by atoms with Crippen molar-refractivity contribution in [1.29, 1.82) is 0 Å². The van der Waals surface area contributed by atoms with Crippen LogP contribution in [0.15, 0.2) is 24.5 Å². The Kier molecular flexibility index (Phi) is 3.29. The molecule has 0 aliphatic carbocycles. The van der Waals surface area contributed by atoms with Crippen LogP contribution < -0.4 is 14.8 Å². The van der Waals surface area contributed by atoms with Crippen LogP contribution in [0.4, 0.5) is 20.3 Å². The van der Waals surface area contributed by atoms with E-state index in [1.807, 2.05) is 6.92 Å². The van der Waals surface area contributed by atoms with Crippen molar-refractivity contribution in [3.8, 4) is 11.5 Å². The van der Waals surface area contributed by atoms with Crippen molar-refractivity contribution < 1.29 is 18.3 Å². The topological polar surface area (TPSA) is 56.3 Å². The summed E-state index contributed by atoms with van der Waals surface area (Å²) in [5.41, 5.74) is 1.27. The van der Waals surface area contributed by atoms with Crippen molar-refractivity contribution in [2.24, 2.45) is 0 Å². The summed E-state index contributed by atoms with van der Waals surface area (Å²) in [6, 6.07) is 4.39. The zero-order valence-corrected chi connectivity index (χ0v) is 11.6. The van der Waals surface area contributed by atoms with Gasteiger partial charge in [0.15, 0.2) is 11.5 Å². The number of nitrogens with zero attached hydrogens (tertiary/aromatic N) is 2. The van der Waals surface area contributed by atoms with Crippen LogP contribution in [0.1, 0.15) is 12.5 Å². The molecule has 0 amide bonds. The summed E-state index contributed by atoms with van der Waals surface area (Å²) < 4.78 is 34.7. The molecule has 1 N–H and O–H groups in total. The molecule has 5 nitrogen and oxygen atoms in total. The summed E-state index contributed by atoms with van der Waals surface area (Å²) in [7, 11) is 0. The first-order chi connectivity index (χ1) is 9.98. The molecule has 1 aromatic carbocycles. The van der Waals surface area contributed by atoms with Gasteiger partial charge in [-0.3, -0.25) is 0 Å². The maximum atomic E-state index is 13.0. The van der Waals surface area contributed by atoms with Crippen molar-refractivity contribution in [3.05, 3.63) is 35.2 Å². The van der Waals surface area contributed by atoms with Crippen LogP contribution in [-0.4, -0.2) is 16.3 Å². The predicted octanol–water partition coefficient (Wildman–Crippen LogP) is 3.76. The summed E-state index contributed by atoms with van der Waals surface area (Å²) in [5, 5.41) is 3.35. The number of aromatic nitrogens is 2. The maximum absolute atomic E-state index is 13.0. The number of halogens is 3. The maximum Gasteiger partial charge on any atom is 0.586 e. The van der Waals surface area contributed by atoms with Gasteiger partial charge in [-0.05, 0) is 18.6 Å². The van der Waals surface area contributed by atoms with Gasteiger partial charge in [-0.1, -0.05) is 18.5 Å². The zero-order valence-electron chi connectivity index (χ0n) is 10.9. The van der Waals surface area contributed by atoms with Crippen LogP contribution in [0.5, 0.6) is 11.5 Å². The first kappa shape index (κ1) is 13.8. The fourth-order valence-electron chi connectivity index (χ4n) is 1.98. The summed E-state index contributed by atoms with van der Waals surface area (Å²) in [5.74, 6) is 0.466. The first-order valence-electron chi connectivity index (χ1n) is 6.15. The van der Waals surface area contributed by atoms with Crippen LogP contribution in [0.25, 0.3) is 0 Å². The fraction of sp³-hybridized carbons (Fsp3) is 0.231. The Morgan fingerprint density at radius 2 is 2.00 bits per heavy atom. The van der Waals surface area contributed by atoms with E-state index in [9.17, 15) is 8.78 Å². The normalized spacial score (nSPS) is 15.0. The highest BCUT2D eigenvalue weighted by molar-refractivity contribution is 6.30. The molecule has 8 heteroatoms. The smallest absolute Gasteiger partial charge is 0.395 e. The van der Waals surface area contributed by atoms with E-state index in [1.54, 1.807) is 6.07 Å². The third-order valence-corrected chi connectivity index (χ3v) is 3.24. The summed E-state index contributed by atoms with van der Waals surface area (Å²) >= 11 is 5.99. The van der Waals surface area contributed by atoms with Gasteiger partial charge in [-0.15, -0.1) is 8.78 Å². The van der Waals surface area contributed by atoms with Crippen LogP contribution >= 0.6 is 11.6 Å². The number of ether oxygens (including phenoxy) is 2. The van der Waals surface area contributed by atoms with Crippen molar-refractivity contribution in [2.75, 3.05) is 5.32 Å². The molecule has 3 rings (SSSR count). The molecule has 1 aliphatic rings. The molecule has 0 fully saturated rings. The number of benzene rings is 1. The van der Waals surface area contributed by atoms with Gasteiger partial charge in [0.25, 0.3) is 0 Å². The quantitative estimate of drug-likeness (QED) is 0.874. The number of fused-ring (bicyclic) bond motifs is 1. The molecule has 1 aromatic heterocycles. The molecule has 0 saturated carbocycles. The number of nitrogens with one attached hydrogen (secondary N) is 1. The Labute approximate surface area is 123 Å². The first-order valence-corrected chi connectivity index (χ1v) is 6.52. The van der Waals surface area contributed by atoms with Crippen molar-refractivity contribution in [2.45, 2.75) is 19.6 Å². The second-order valence-corrected chi connectivity index (χ2v) is 4.66. The molecule has 21 heavy (non-hydrogen) atoms. The van der Waals surface area contributed by atoms with Gasteiger partial charge in [0.2, 0.25) is 0 Å². The SMILES string of the molecule is CCc1c(Cl)ncnc1Nc1ccc2c(c1)OC(F)(F)O2. The monoisotopic (exact) mass is 313 g/mol. The number of hydrogen-bond donors (Lipinski definition) is 1. The molecule has 2 aromatic rings. The van der Waals surface area contributed by atoms with E-state index in [0.717, 1.165) is 5.56 Å². The highest BCUT2D eigenvalue weighted by Gasteiger charge is 2.43. The average Bonchev–Trinajstić information content (AvgIpc) is 2.72. The summed E-state index contributed by atoms with van der Waals surface area (Å²) in [4.78, 5) is 8.00. The Morgan fingerprint density at radius 3 is 2.76 bits per heavy atom. The summed E-state index contributed by atoms with van der Waals surface area (Å²) in [6.45, 7) is 1.91. The molecule has 0 unspecified atom stereocenters. The molecule has 0 atom stereocenters. The van der Waals surface area contributed by atoms with Crippen LogP contribution in [-0.2, 0) is 6.42 Å². The van der Waals surface area contributed by atoms with Gasteiger partial charge in [-0.25, -0.2) is 9.97 Å². The number of alkyl halides is 2. The van der Waals surface area contributed by atoms with E-state index in [2.05, 4.69) is 24.8 Å². The minimum absolute atomic E-state index is 0.0121. The second kappa shape index (κ2) is 5.00. The third-order valence-electron chi connectivity index (χ3n) is 2.91. The lowest BCUT2D eigenvalue weighted by molar-refractivity contribution is -0.286. The summed E-state index contributed by atoms with van der Waals surface area (Å²) in [6.07, 6.45) is -1.68. The van der Waals surface area contributed by atoms with E-state index < -0.39 is 6.29 Å². The van der Waals surface area contributed by atoms with Gasteiger partial charge >= 0.3 is 6.29 Å². The molecular formula is C13H10ClF2N3O2. The van der Waals surface area contributed by atoms with Gasteiger partial charge < -0.3 is 14.8 Å². The van der Waals surface area contributed by atoms with E-state index in [0.29, 0.717) is 23.1 Å². The van der Waals surface area contributed by atoms with Crippen LogP contribution in [0.3, 0.4) is 0 Å². The van der Waals surface area contributed by atoms with E-state index >= 15 is 0 Å². The van der Waals surface area contributed by atoms with E-state index in [1.165, 1.54) is 18.5 Å². The van der Waals surface area contributed by atoms with Gasteiger partial charge in [0, 0.05) is 17.3 Å². The van der Waals surface area contributed by atoms with Crippen molar-refractivity contribution >= 4 is 23.1 Å². The number of anilines is 2. The standard InChI is InChI=1S/C13H10ClF2N3O2/c1-2-8-11(14)17-6-18-12(8)19-7-3-4-9-10(5-7)21-13(15,16)20-9/h3-6H,2H2,1H3,(H,17,18,19). The highest BCUT2D eigenvalue weighted by atomic mass is 35.5. The highest BCUT2D eigenvalue weighted by Crippen LogP contribution is 2.42. The average molecular weight is 314 g/mol. The number of rotatable bonds is 3. The largest absolute Gasteiger partial charge is 0.586 e. The molecule has 0 bridgehead atoms. The van der Waals surface area contributed by atoms with E-state index in [-0.39, 0.29) is 11.5 Å². The third kappa shape index (κ3) is 2.69. The minimum Gasteiger partial charge on any atom is -0.395 e. The molecule has 0 spiro atoms. The van der Waals surface area contributed by atoms with Gasteiger partial charge in [0.1, 0.15) is 17.3 Å². The van der Waals surface area contributed by atoms with Gasteiger partial charge in [-0.2, -0.15) is 0 Å². The Morgan fingerprint density at radius 1 is 1.24 bits per heavy atom. The lowest BCUT2D eigenvalue weighted by Gasteiger charge is -2.10. The van der Waals surface area contributed by atoms with Crippen molar-refractivity contribution in [1.82, 2.24) is 9.97 Å². The lowest BCUT2D eigenvalue weighted by atomic mass is 10.2. The molecule has 2 heterocycles. The molecular weight excluding hydrogens is 304 g/mol. The Balaban J connectivity index is 1.89. The molecule has 0 radical (unpaired) electrons. The Bertz CT molecular complexity index is 697. The van der Waals surface area contributed by atoms with Crippen molar-refractivity contribution in [3.63, 3.8) is 0 Å². The zero-order chi connectivity index (χ0) is 15.0. The molecule has 110 valence electrons. The molecule has 1 aliphatic heterocycles. The van der Waals surface area contributed by atoms with E-state index in [4.69, 9.17) is 11.6 Å². The predicted molar refractivity (Wildman–Crippen MR) is 72.3 cm³/mol. The van der Waals surface area contributed by atoms with Crippen LogP contribution in [0.2, 0.25) is 5.15 Å². The Hall–Kier alpha value is -2.15. The fourth-order valence-corrected chi connectivity index (χ4v) is 2.24. The van der Waals surface area contributed by atoms with Crippen LogP contribution in [0, 0.1) is 0 Å². The second-order valence-electron chi connectivity index (χ2n) is 4.30.